The van der Waals surface area contributed by atoms with Crippen LogP contribution in [0, 0.1) is 5.92 Å². The minimum absolute atomic E-state index is 0.130. The van der Waals surface area contributed by atoms with Crippen molar-refractivity contribution >= 4 is 50.7 Å². The van der Waals surface area contributed by atoms with Gasteiger partial charge in [-0.25, -0.2) is 0 Å². The third-order valence-electron chi connectivity index (χ3n) is 1.87. The molecule has 0 saturated carbocycles. The number of hydrogen-bond donors (Lipinski definition) is 1. The molecule has 5 heteroatoms. The molecule has 0 saturated heterocycles. The average Bonchev–Trinajstić information content (AvgIpc) is 2.20. The molecule has 2 nitrogen and oxygen atoms in total. The van der Waals surface area contributed by atoms with Crippen LogP contribution >= 0.6 is 39.1 Å². The molecule has 0 aromatic heterocycles. The van der Waals surface area contributed by atoms with Crippen molar-refractivity contribution in [1.29, 1.82) is 0 Å². The number of halogens is 3. The Morgan fingerprint density at radius 3 is 2.80 bits per heavy atom. The number of carbonyl (C=O) groups excluding carboxylic acids is 1. The number of carbonyl (C=O) groups is 1. The van der Waals surface area contributed by atoms with Crippen molar-refractivity contribution in [3.63, 3.8) is 0 Å². The molecule has 1 unspecified atom stereocenters. The number of nitrogens with one attached hydrogen (secondary N) is 1. The third-order valence-corrected chi connectivity index (χ3v) is 3.14. The summed E-state index contributed by atoms with van der Waals surface area (Å²) >= 11 is 14.8. The molecule has 0 aliphatic carbocycles. The molecule has 0 fully saturated rings. The lowest BCUT2D eigenvalue weighted by molar-refractivity contribution is -0.118. The lowest BCUT2D eigenvalue weighted by Gasteiger charge is -2.10. The van der Waals surface area contributed by atoms with Gasteiger partial charge in [-0.2, -0.15) is 0 Å². The van der Waals surface area contributed by atoms with Gasteiger partial charge in [0.25, 0.3) is 0 Å². The van der Waals surface area contributed by atoms with Crippen molar-refractivity contribution in [3.05, 3.63) is 27.7 Å². The molecule has 0 aliphatic rings. The Labute approximate surface area is 107 Å². The van der Waals surface area contributed by atoms with Gasteiger partial charge in [-0.15, -0.1) is 11.6 Å². The second kappa shape index (κ2) is 5.73. The molecular formula is C10H10BrCl2NO. The van der Waals surface area contributed by atoms with Gasteiger partial charge in [0.05, 0.1) is 10.7 Å². The summed E-state index contributed by atoms with van der Waals surface area (Å²) in [5, 5.41) is 3.21. The predicted molar refractivity (Wildman–Crippen MR) is 67.7 cm³/mol. The second-order valence-electron chi connectivity index (χ2n) is 3.17. The molecule has 15 heavy (non-hydrogen) atoms. The van der Waals surface area contributed by atoms with Crippen molar-refractivity contribution in [1.82, 2.24) is 0 Å². The molecule has 0 heterocycles. The SMILES string of the molecule is CC(CCl)C(=O)Nc1ccc(Br)cc1Cl. The first-order chi connectivity index (χ1) is 7.04. The summed E-state index contributed by atoms with van der Waals surface area (Å²) in [6, 6.07) is 5.28. The Balaban J connectivity index is 2.77. The van der Waals surface area contributed by atoms with Gasteiger partial charge in [0.1, 0.15) is 0 Å². The zero-order chi connectivity index (χ0) is 11.4. The van der Waals surface area contributed by atoms with E-state index in [1.807, 2.05) is 6.07 Å². The topological polar surface area (TPSA) is 29.1 Å². The normalized spacial score (nSPS) is 12.3. The highest BCUT2D eigenvalue weighted by atomic mass is 79.9. The predicted octanol–water partition coefficient (Wildman–Crippen LogP) is 3.92. The lowest BCUT2D eigenvalue weighted by Crippen LogP contribution is -2.21. The minimum Gasteiger partial charge on any atom is -0.324 e. The standard InChI is InChI=1S/C10H10BrCl2NO/c1-6(5-12)10(15)14-9-3-2-7(11)4-8(9)13/h2-4,6H,5H2,1H3,(H,14,15). The van der Waals surface area contributed by atoms with Gasteiger partial charge in [0, 0.05) is 16.3 Å². The fourth-order valence-electron chi connectivity index (χ4n) is 0.917. The number of benzene rings is 1. The largest absolute Gasteiger partial charge is 0.324 e. The summed E-state index contributed by atoms with van der Waals surface area (Å²) in [7, 11) is 0. The lowest BCUT2D eigenvalue weighted by atomic mass is 10.2. The molecule has 1 aromatic carbocycles. The van der Waals surface area contributed by atoms with Gasteiger partial charge < -0.3 is 5.32 Å². The first-order valence-corrected chi connectivity index (χ1v) is 6.07. The highest BCUT2D eigenvalue weighted by Gasteiger charge is 2.12. The number of anilines is 1. The van der Waals surface area contributed by atoms with Crippen LogP contribution in [0.4, 0.5) is 5.69 Å². The van der Waals surface area contributed by atoms with E-state index in [-0.39, 0.29) is 11.8 Å². The highest BCUT2D eigenvalue weighted by molar-refractivity contribution is 9.10. The highest BCUT2D eigenvalue weighted by Crippen LogP contribution is 2.25. The number of amides is 1. The van der Waals surface area contributed by atoms with E-state index in [0.717, 1.165) is 4.47 Å². The van der Waals surface area contributed by atoms with E-state index in [2.05, 4.69) is 21.2 Å². The Morgan fingerprint density at radius 2 is 2.27 bits per heavy atom. The molecule has 1 amide bonds. The first-order valence-electron chi connectivity index (χ1n) is 4.36. The van der Waals surface area contributed by atoms with Gasteiger partial charge in [0.15, 0.2) is 0 Å². The molecule has 1 atom stereocenters. The Hall–Kier alpha value is -0.250. The summed E-state index contributed by atoms with van der Waals surface area (Å²) in [4.78, 5) is 11.5. The van der Waals surface area contributed by atoms with E-state index in [1.165, 1.54) is 0 Å². The molecule has 1 N–H and O–H groups in total. The van der Waals surface area contributed by atoms with Crippen LogP contribution in [0.1, 0.15) is 6.92 Å². The van der Waals surface area contributed by atoms with E-state index in [0.29, 0.717) is 16.6 Å². The Bertz CT molecular complexity index is 370. The number of rotatable bonds is 3. The van der Waals surface area contributed by atoms with Crippen LogP contribution in [0.15, 0.2) is 22.7 Å². The molecule has 0 aliphatic heterocycles. The van der Waals surface area contributed by atoms with Crippen molar-refractivity contribution in [2.24, 2.45) is 5.92 Å². The van der Waals surface area contributed by atoms with E-state index >= 15 is 0 Å². The third kappa shape index (κ3) is 3.67. The van der Waals surface area contributed by atoms with Gasteiger partial charge in [-0.3, -0.25) is 4.79 Å². The van der Waals surface area contributed by atoms with Gasteiger partial charge in [0.2, 0.25) is 5.91 Å². The maximum absolute atomic E-state index is 11.5. The molecule has 0 bridgehead atoms. The summed E-state index contributed by atoms with van der Waals surface area (Å²) in [6.45, 7) is 1.76. The zero-order valence-electron chi connectivity index (χ0n) is 8.06. The fourth-order valence-corrected chi connectivity index (χ4v) is 1.78. The summed E-state index contributed by atoms with van der Waals surface area (Å²) in [6.07, 6.45) is 0. The van der Waals surface area contributed by atoms with Crippen LogP contribution in [0.5, 0.6) is 0 Å². The van der Waals surface area contributed by atoms with Crippen LogP contribution in [0.2, 0.25) is 5.02 Å². The maximum Gasteiger partial charge on any atom is 0.228 e. The van der Waals surface area contributed by atoms with Crippen molar-refractivity contribution in [2.75, 3.05) is 11.2 Å². The molecule has 1 aromatic rings. The van der Waals surface area contributed by atoms with Crippen LogP contribution in [0.3, 0.4) is 0 Å². The minimum atomic E-state index is -0.230. The number of alkyl halides is 1. The Kier molecular flexibility index (Phi) is 4.90. The van der Waals surface area contributed by atoms with E-state index in [1.54, 1.807) is 19.1 Å². The van der Waals surface area contributed by atoms with Crippen LogP contribution < -0.4 is 5.32 Å². The van der Waals surface area contributed by atoms with E-state index < -0.39 is 0 Å². The first kappa shape index (κ1) is 12.8. The molecular weight excluding hydrogens is 301 g/mol. The van der Waals surface area contributed by atoms with Crippen molar-refractivity contribution < 1.29 is 4.79 Å². The van der Waals surface area contributed by atoms with Crippen LogP contribution in [-0.4, -0.2) is 11.8 Å². The molecule has 0 radical (unpaired) electrons. The summed E-state index contributed by atoms with van der Waals surface area (Å²) in [5.74, 6) is -0.0689. The van der Waals surface area contributed by atoms with E-state index in [9.17, 15) is 4.79 Å². The Morgan fingerprint density at radius 1 is 1.60 bits per heavy atom. The monoisotopic (exact) mass is 309 g/mol. The number of hydrogen-bond acceptors (Lipinski definition) is 1. The van der Waals surface area contributed by atoms with Crippen LogP contribution in [-0.2, 0) is 4.79 Å². The van der Waals surface area contributed by atoms with Crippen molar-refractivity contribution in [2.45, 2.75) is 6.92 Å². The average molecular weight is 311 g/mol. The quantitative estimate of drug-likeness (QED) is 0.842. The van der Waals surface area contributed by atoms with Gasteiger partial charge in [-0.05, 0) is 18.2 Å². The van der Waals surface area contributed by atoms with E-state index in [4.69, 9.17) is 23.2 Å². The molecule has 0 spiro atoms. The maximum atomic E-state index is 11.5. The molecule has 82 valence electrons. The smallest absolute Gasteiger partial charge is 0.228 e. The van der Waals surface area contributed by atoms with Gasteiger partial charge >= 0.3 is 0 Å². The van der Waals surface area contributed by atoms with Gasteiger partial charge in [-0.1, -0.05) is 34.5 Å². The summed E-state index contributed by atoms with van der Waals surface area (Å²) < 4.78 is 0.871. The van der Waals surface area contributed by atoms with Crippen molar-refractivity contribution in [3.8, 4) is 0 Å². The molecule has 1 rings (SSSR count). The fraction of sp³-hybridized carbons (Fsp3) is 0.300. The second-order valence-corrected chi connectivity index (χ2v) is 4.80. The zero-order valence-corrected chi connectivity index (χ0v) is 11.2. The summed E-state index contributed by atoms with van der Waals surface area (Å²) in [5.41, 5.74) is 0.599. The van der Waals surface area contributed by atoms with Crippen LogP contribution in [0.25, 0.3) is 0 Å².